The number of nitrogens with one attached hydrogen (secondary N) is 1. The summed E-state index contributed by atoms with van der Waals surface area (Å²) < 4.78 is 0. The fraction of sp³-hybridized carbons (Fsp3) is 0.105. The van der Waals surface area contributed by atoms with E-state index in [1.807, 2.05) is 24.5 Å². The van der Waals surface area contributed by atoms with Crippen molar-refractivity contribution in [2.75, 3.05) is 18.1 Å². The number of amides is 3. The molecule has 1 aliphatic heterocycles. The van der Waals surface area contributed by atoms with Gasteiger partial charge in [-0.25, -0.2) is 0 Å². The lowest BCUT2D eigenvalue weighted by Gasteiger charge is -2.12. The van der Waals surface area contributed by atoms with Crippen LogP contribution in [0.5, 0.6) is 0 Å². The third-order valence-corrected chi connectivity index (χ3v) is 5.54. The number of carbonyl (C=O) groups excluding carboxylic acids is 3. The van der Waals surface area contributed by atoms with Crippen LogP contribution in [-0.2, 0) is 9.59 Å². The highest BCUT2D eigenvalue weighted by Crippen LogP contribution is 2.32. The van der Waals surface area contributed by atoms with Gasteiger partial charge in [0.2, 0.25) is 5.91 Å². The maximum Gasteiger partial charge on any atom is 0.294 e. The van der Waals surface area contributed by atoms with Crippen molar-refractivity contribution in [2.45, 2.75) is 4.90 Å². The maximum absolute atomic E-state index is 12.5. The van der Waals surface area contributed by atoms with E-state index in [-0.39, 0.29) is 11.4 Å². The van der Waals surface area contributed by atoms with Crippen LogP contribution in [0.15, 0.2) is 58.3 Å². The summed E-state index contributed by atoms with van der Waals surface area (Å²) in [6.45, 7) is -0.332. The number of hydrogen-bond acceptors (Lipinski definition) is 5. The summed E-state index contributed by atoms with van der Waals surface area (Å²) in [7, 11) is 0. The minimum absolute atomic E-state index is 0.263. The maximum atomic E-state index is 12.5. The fourth-order valence-corrected chi connectivity index (χ4v) is 3.93. The van der Waals surface area contributed by atoms with Gasteiger partial charge in [0.15, 0.2) is 0 Å². The van der Waals surface area contributed by atoms with Gasteiger partial charge in [-0.1, -0.05) is 29.8 Å². The van der Waals surface area contributed by atoms with Crippen molar-refractivity contribution in [3.8, 4) is 0 Å². The Kier molecular flexibility index (Phi) is 6.26. The van der Waals surface area contributed by atoms with Gasteiger partial charge >= 0.3 is 0 Å². The van der Waals surface area contributed by atoms with E-state index in [4.69, 9.17) is 11.6 Å². The van der Waals surface area contributed by atoms with Crippen LogP contribution in [0, 0.1) is 0 Å². The van der Waals surface area contributed by atoms with E-state index in [1.165, 1.54) is 0 Å². The van der Waals surface area contributed by atoms with Crippen molar-refractivity contribution in [2.24, 2.45) is 0 Å². The average molecular weight is 419 g/mol. The molecule has 1 aliphatic rings. The van der Waals surface area contributed by atoms with Gasteiger partial charge in [0.05, 0.1) is 4.91 Å². The number of nitrogens with zero attached hydrogens (tertiary/aromatic N) is 1. The second-order valence-corrected chi connectivity index (χ2v) is 7.91. The molecule has 8 heteroatoms. The molecule has 0 aromatic heterocycles. The highest BCUT2D eigenvalue weighted by Gasteiger charge is 2.36. The molecule has 0 aliphatic carbocycles. The zero-order valence-corrected chi connectivity index (χ0v) is 16.7. The van der Waals surface area contributed by atoms with Gasteiger partial charge in [-0.05, 0) is 60.0 Å². The topological polar surface area (TPSA) is 66.5 Å². The standard InChI is InChI=1S/C19H15ClN2O3S2/c1-26-15-7-3-6-14(10-15)21-17(23)11-22-18(24)16(27-19(22)25)9-12-4-2-5-13(20)8-12/h2-10H,11H2,1H3,(H,21,23)/b16-9+. The number of rotatable bonds is 5. The number of anilines is 1. The van der Waals surface area contributed by atoms with E-state index in [0.717, 1.165) is 21.6 Å². The first-order valence-electron chi connectivity index (χ1n) is 7.91. The Hall–Kier alpha value is -2.22. The molecule has 0 bridgehead atoms. The largest absolute Gasteiger partial charge is 0.324 e. The molecule has 0 spiro atoms. The quantitative estimate of drug-likeness (QED) is 0.561. The van der Waals surface area contributed by atoms with Crippen molar-refractivity contribution in [1.29, 1.82) is 0 Å². The number of benzene rings is 2. The van der Waals surface area contributed by atoms with Crippen LogP contribution < -0.4 is 5.32 Å². The summed E-state index contributed by atoms with van der Waals surface area (Å²) in [5, 5.41) is 2.78. The van der Waals surface area contributed by atoms with Crippen molar-refractivity contribution >= 4 is 63.9 Å². The van der Waals surface area contributed by atoms with Gasteiger partial charge in [0.25, 0.3) is 11.1 Å². The molecule has 0 saturated carbocycles. The molecule has 0 unspecified atom stereocenters. The van der Waals surface area contributed by atoms with Crippen LogP contribution in [-0.4, -0.2) is 34.8 Å². The molecule has 1 heterocycles. The first kappa shape index (κ1) is 19.5. The summed E-state index contributed by atoms with van der Waals surface area (Å²) in [4.78, 5) is 39.1. The van der Waals surface area contributed by atoms with Crippen LogP contribution in [0.2, 0.25) is 5.02 Å². The van der Waals surface area contributed by atoms with Crippen molar-refractivity contribution in [1.82, 2.24) is 4.90 Å². The van der Waals surface area contributed by atoms with Gasteiger partial charge in [-0.3, -0.25) is 19.3 Å². The summed E-state index contributed by atoms with van der Waals surface area (Å²) in [6, 6.07) is 14.3. The molecule has 1 fully saturated rings. The molecule has 2 aromatic carbocycles. The lowest BCUT2D eigenvalue weighted by Crippen LogP contribution is -2.36. The van der Waals surface area contributed by atoms with Crippen molar-refractivity contribution in [3.63, 3.8) is 0 Å². The molecule has 3 rings (SSSR count). The second kappa shape index (κ2) is 8.65. The van der Waals surface area contributed by atoms with Gasteiger partial charge in [-0.2, -0.15) is 0 Å². The third kappa shape index (κ3) is 4.94. The Morgan fingerprint density at radius 3 is 2.74 bits per heavy atom. The molecular weight excluding hydrogens is 404 g/mol. The molecule has 2 aromatic rings. The molecular formula is C19H15ClN2O3S2. The summed E-state index contributed by atoms with van der Waals surface area (Å²) in [5.41, 5.74) is 1.33. The molecule has 0 atom stereocenters. The average Bonchev–Trinajstić information content (AvgIpc) is 2.89. The third-order valence-electron chi connectivity index (χ3n) is 3.68. The molecule has 3 amide bonds. The van der Waals surface area contributed by atoms with Gasteiger partial charge < -0.3 is 5.32 Å². The number of halogens is 1. The van der Waals surface area contributed by atoms with E-state index in [1.54, 1.807) is 48.2 Å². The molecule has 1 N–H and O–H groups in total. The highest BCUT2D eigenvalue weighted by atomic mass is 35.5. The van der Waals surface area contributed by atoms with Crippen LogP contribution in [0.3, 0.4) is 0 Å². The molecule has 27 heavy (non-hydrogen) atoms. The molecule has 0 radical (unpaired) electrons. The van der Waals surface area contributed by atoms with E-state index in [9.17, 15) is 14.4 Å². The number of imide groups is 1. The molecule has 5 nitrogen and oxygen atoms in total. The minimum Gasteiger partial charge on any atom is -0.324 e. The van der Waals surface area contributed by atoms with E-state index in [0.29, 0.717) is 16.3 Å². The zero-order chi connectivity index (χ0) is 19.4. The first-order chi connectivity index (χ1) is 13.0. The predicted octanol–water partition coefficient (Wildman–Crippen LogP) is 4.74. The normalized spacial score (nSPS) is 15.5. The van der Waals surface area contributed by atoms with Gasteiger partial charge in [-0.15, -0.1) is 11.8 Å². The lowest BCUT2D eigenvalue weighted by atomic mass is 10.2. The van der Waals surface area contributed by atoms with Crippen LogP contribution in [0.4, 0.5) is 10.5 Å². The van der Waals surface area contributed by atoms with E-state index < -0.39 is 17.1 Å². The Morgan fingerprint density at radius 1 is 1.22 bits per heavy atom. The molecule has 1 saturated heterocycles. The lowest BCUT2D eigenvalue weighted by molar-refractivity contribution is -0.127. The van der Waals surface area contributed by atoms with Crippen LogP contribution in [0.25, 0.3) is 6.08 Å². The van der Waals surface area contributed by atoms with Crippen molar-refractivity contribution < 1.29 is 14.4 Å². The van der Waals surface area contributed by atoms with Crippen LogP contribution in [0.1, 0.15) is 5.56 Å². The Bertz CT molecular complexity index is 946. The van der Waals surface area contributed by atoms with E-state index in [2.05, 4.69) is 5.32 Å². The Labute approximate surface area is 170 Å². The highest BCUT2D eigenvalue weighted by molar-refractivity contribution is 8.18. The van der Waals surface area contributed by atoms with E-state index >= 15 is 0 Å². The van der Waals surface area contributed by atoms with Crippen LogP contribution >= 0.6 is 35.1 Å². The Morgan fingerprint density at radius 2 is 2.00 bits per heavy atom. The summed E-state index contributed by atoms with van der Waals surface area (Å²) in [5.74, 6) is -0.919. The van der Waals surface area contributed by atoms with Gasteiger partial charge in [0.1, 0.15) is 6.54 Å². The van der Waals surface area contributed by atoms with Crippen molar-refractivity contribution in [3.05, 3.63) is 64.0 Å². The minimum atomic E-state index is -0.488. The smallest absolute Gasteiger partial charge is 0.294 e. The molecule has 138 valence electrons. The first-order valence-corrected chi connectivity index (χ1v) is 10.3. The number of carbonyl (C=O) groups is 3. The SMILES string of the molecule is CSc1cccc(NC(=O)CN2C(=O)S/C(=C/c3cccc(Cl)c3)C2=O)c1. The predicted molar refractivity (Wildman–Crippen MR) is 111 cm³/mol. The summed E-state index contributed by atoms with van der Waals surface area (Å²) in [6.07, 6.45) is 3.53. The zero-order valence-electron chi connectivity index (χ0n) is 14.3. The number of thioether (sulfide) groups is 2. The fourth-order valence-electron chi connectivity index (χ4n) is 2.43. The number of hydrogen-bond donors (Lipinski definition) is 1. The summed E-state index contributed by atoms with van der Waals surface area (Å²) >= 11 is 8.30. The Balaban J connectivity index is 1.69. The van der Waals surface area contributed by atoms with Gasteiger partial charge in [0, 0.05) is 15.6 Å². The monoisotopic (exact) mass is 418 g/mol. The second-order valence-electron chi connectivity index (χ2n) is 5.60.